The van der Waals surface area contributed by atoms with Gasteiger partial charge in [0.05, 0.1) is 12.2 Å². The molecular formula is C35H46N4. The largest absolute Gasteiger partial charge is 0.385 e. The van der Waals surface area contributed by atoms with Gasteiger partial charge in [-0.15, -0.1) is 0 Å². The first-order chi connectivity index (χ1) is 19.0. The van der Waals surface area contributed by atoms with Crippen LogP contribution >= 0.6 is 0 Å². The molecule has 3 aromatic rings. The second-order valence-corrected chi connectivity index (χ2v) is 10.1. The molecule has 0 fully saturated rings. The molecule has 3 N–H and O–H groups in total. The van der Waals surface area contributed by atoms with Crippen molar-refractivity contribution in [3.05, 3.63) is 126 Å². The zero-order valence-electron chi connectivity index (χ0n) is 24.1. The third-order valence-corrected chi connectivity index (χ3v) is 7.10. The van der Waals surface area contributed by atoms with Gasteiger partial charge in [0.15, 0.2) is 11.5 Å². The minimum Gasteiger partial charge on any atom is -0.385 e. The zero-order valence-corrected chi connectivity index (χ0v) is 24.1. The lowest BCUT2D eigenvalue weighted by molar-refractivity contribution is 0.466. The molecule has 0 saturated carbocycles. The van der Waals surface area contributed by atoms with Crippen molar-refractivity contribution >= 4 is 11.7 Å². The molecular weight excluding hydrogens is 476 g/mol. The first kappa shape index (κ1) is 29.8. The van der Waals surface area contributed by atoms with Gasteiger partial charge < -0.3 is 16.0 Å². The second kappa shape index (κ2) is 15.0. The summed E-state index contributed by atoms with van der Waals surface area (Å²) >= 11 is 0. The Kier molecular flexibility index (Phi) is 11.4. The maximum absolute atomic E-state index is 6.52. The summed E-state index contributed by atoms with van der Waals surface area (Å²) in [5, 5.41) is 3.37. The summed E-state index contributed by atoms with van der Waals surface area (Å²) < 4.78 is 0. The summed E-state index contributed by atoms with van der Waals surface area (Å²) in [5.41, 5.74) is 11.9. The van der Waals surface area contributed by atoms with E-state index >= 15 is 0 Å². The monoisotopic (exact) mass is 522 g/mol. The Morgan fingerprint density at radius 1 is 0.821 bits per heavy atom. The van der Waals surface area contributed by atoms with Gasteiger partial charge in [0.2, 0.25) is 0 Å². The van der Waals surface area contributed by atoms with E-state index < -0.39 is 5.54 Å². The molecule has 0 amide bonds. The normalized spacial score (nSPS) is 13.9. The van der Waals surface area contributed by atoms with Crippen LogP contribution in [0.25, 0.3) is 5.70 Å². The van der Waals surface area contributed by atoms with Gasteiger partial charge in [-0.3, -0.25) is 0 Å². The van der Waals surface area contributed by atoms with Gasteiger partial charge in [-0.1, -0.05) is 145 Å². The molecule has 0 unspecified atom stereocenters. The lowest BCUT2D eigenvalue weighted by atomic mass is 9.81. The Labute approximate surface area is 236 Å². The summed E-state index contributed by atoms with van der Waals surface area (Å²) in [7, 11) is 0. The fourth-order valence-electron chi connectivity index (χ4n) is 4.89. The number of hydrogen-bond donors (Lipinski definition) is 2. The van der Waals surface area contributed by atoms with Crippen molar-refractivity contribution < 1.29 is 0 Å². The average molecular weight is 523 g/mol. The van der Waals surface area contributed by atoms with Crippen LogP contribution in [0.2, 0.25) is 0 Å². The molecule has 0 aromatic heterocycles. The SMILES string of the molecule is C=C(NCCC)c1cccc(CN2C(=C)C(c3ccccc3)(c3ccccc3)N=C2N)c1.CCCCCCC. The first-order valence-electron chi connectivity index (χ1n) is 14.4. The van der Waals surface area contributed by atoms with Crippen LogP contribution < -0.4 is 11.1 Å². The number of benzene rings is 3. The molecule has 0 spiro atoms. The van der Waals surface area contributed by atoms with E-state index in [9.17, 15) is 0 Å². The first-order valence-corrected chi connectivity index (χ1v) is 14.4. The number of nitrogens with zero attached hydrogens (tertiary/aromatic N) is 2. The van der Waals surface area contributed by atoms with Gasteiger partial charge in [-0.25, -0.2) is 4.99 Å². The number of hydrogen-bond acceptors (Lipinski definition) is 4. The predicted molar refractivity (Wildman–Crippen MR) is 168 cm³/mol. The van der Waals surface area contributed by atoms with Gasteiger partial charge in [-0.2, -0.15) is 0 Å². The van der Waals surface area contributed by atoms with Crippen molar-refractivity contribution in [1.29, 1.82) is 0 Å². The molecule has 1 aliphatic heterocycles. The Morgan fingerprint density at radius 2 is 1.41 bits per heavy atom. The molecule has 206 valence electrons. The highest BCUT2D eigenvalue weighted by atomic mass is 15.3. The molecule has 3 aromatic carbocycles. The van der Waals surface area contributed by atoms with Crippen LogP contribution in [0.15, 0.2) is 109 Å². The van der Waals surface area contributed by atoms with Crippen LogP contribution in [0.5, 0.6) is 0 Å². The fourth-order valence-corrected chi connectivity index (χ4v) is 4.89. The molecule has 4 nitrogen and oxygen atoms in total. The Hall–Kier alpha value is -3.79. The minimum absolute atomic E-state index is 0.469. The van der Waals surface area contributed by atoms with E-state index in [1.165, 1.54) is 32.1 Å². The van der Waals surface area contributed by atoms with Crippen molar-refractivity contribution in [2.45, 2.75) is 71.4 Å². The van der Waals surface area contributed by atoms with E-state index in [1.807, 2.05) is 41.3 Å². The minimum atomic E-state index is -0.740. The number of unbranched alkanes of at least 4 members (excludes halogenated alkanes) is 4. The van der Waals surface area contributed by atoms with Crippen LogP contribution in [0, 0.1) is 0 Å². The molecule has 0 bridgehead atoms. The van der Waals surface area contributed by atoms with Crippen molar-refractivity contribution in [2.24, 2.45) is 10.7 Å². The van der Waals surface area contributed by atoms with Gasteiger partial charge in [0.25, 0.3) is 0 Å². The molecule has 39 heavy (non-hydrogen) atoms. The lowest BCUT2D eigenvalue weighted by Gasteiger charge is -2.31. The van der Waals surface area contributed by atoms with E-state index in [0.29, 0.717) is 12.5 Å². The number of guanidine groups is 1. The summed E-state index contributed by atoms with van der Waals surface area (Å²) in [6.07, 6.45) is 8.06. The smallest absolute Gasteiger partial charge is 0.197 e. The van der Waals surface area contributed by atoms with E-state index in [0.717, 1.165) is 46.6 Å². The molecule has 1 heterocycles. The molecule has 1 aliphatic rings. The quantitative estimate of drug-likeness (QED) is 0.236. The zero-order chi connectivity index (χ0) is 28.1. The molecule has 0 aliphatic carbocycles. The summed E-state index contributed by atoms with van der Waals surface area (Å²) in [4.78, 5) is 7.02. The number of nitrogens with one attached hydrogen (secondary N) is 1. The lowest BCUT2D eigenvalue weighted by Crippen LogP contribution is -2.34. The van der Waals surface area contributed by atoms with E-state index in [-0.39, 0.29) is 0 Å². The van der Waals surface area contributed by atoms with Crippen molar-refractivity contribution in [2.75, 3.05) is 6.54 Å². The average Bonchev–Trinajstić information content (AvgIpc) is 3.23. The van der Waals surface area contributed by atoms with Gasteiger partial charge in [0.1, 0.15) is 0 Å². The molecule has 0 radical (unpaired) electrons. The summed E-state index contributed by atoms with van der Waals surface area (Å²) in [5.74, 6) is 0.469. The van der Waals surface area contributed by atoms with Crippen LogP contribution in [0.1, 0.15) is 81.5 Å². The maximum atomic E-state index is 6.52. The van der Waals surface area contributed by atoms with E-state index in [4.69, 9.17) is 10.7 Å². The third kappa shape index (κ3) is 7.41. The second-order valence-electron chi connectivity index (χ2n) is 10.1. The molecule has 4 rings (SSSR count). The Bertz CT molecular complexity index is 1170. The van der Waals surface area contributed by atoms with Crippen LogP contribution in [0.4, 0.5) is 0 Å². The van der Waals surface area contributed by atoms with Crippen LogP contribution in [0.3, 0.4) is 0 Å². The Morgan fingerprint density at radius 3 is 1.95 bits per heavy atom. The van der Waals surface area contributed by atoms with Crippen LogP contribution in [-0.4, -0.2) is 17.4 Å². The van der Waals surface area contributed by atoms with Crippen molar-refractivity contribution in [3.63, 3.8) is 0 Å². The molecule has 0 atom stereocenters. The topological polar surface area (TPSA) is 53.6 Å². The number of nitrogens with two attached hydrogens (primary N) is 1. The summed E-state index contributed by atoms with van der Waals surface area (Å²) in [6, 6.07) is 28.8. The fraction of sp³-hybridized carbons (Fsp3) is 0.343. The number of rotatable bonds is 12. The molecule has 0 saturated heterocycles. The maximum Gasteiger partial charge on any atom is 0.197 e. The number of aliphatic imine (C=N–C) groups is 1. The standard InChI is InChI=1S/C28H30N4.C7H16/c1-4-18-30-21(2)24-13-11-12-23(19-24)20-32-22(3)28(31-27(32)29,25-14-7-5-8-15-25)26-16-9-6-10-17-26;1-3-5-7-6-4-2/h5-17,19,30H,2-4,18,20H2,1H3,(H2,29,31);3-7H2,1-2H3. The van der Waals surface area contributed by atoms with Gasteiger partial charge in [-0.05, 0) is 34.7 Å². The van der Waals surface area contributed by atoms with E-state index in [2.05, 4.69) is 87.8 Å². The van der Waals surface area contributed by atoms with Gasteiger partial charge in [0, 0.05) is 12.2 Å². The van der Waals surface area contributed by atoms with Crippen LogP contribution in [-0.2, 0) is 12.1 Å². The third-order valence-electron chi connectivity index (χ3n) is 7.10. The highest BCUT2D eigenvalue weighted by molar-refractivity contribution is 5.85. The van der Waals surface area contributed by atoms with Crippen molar-refractivity contribution in [1.82, 2.24) is 10.2 Å². The highest BCUT2D eigenvalue weighted by Crippen LogP contribution is 2.45. The molecule has 4 heteroatoms. The van der Waals surface area contributed by atoms with E-state index in [1.54, 1.807) is 0 Å². The summed E-state index contributed by atoms with van der Waals surface area (Å²) in [6.45, 7) is 16.8. The Balaban J connectivity index is 0.000000532. The van der Waals surface area contributed by atoms with Crippen molar-refractivity contribution in [3.8, 4) is 0 Å². The van der Waals surface area contributed by atoms with Gasteiger partial charge >= 0.3 is 0 Å². The highest BCUT2D eigenvalue weighted by Gasteiger charge is 2.45. The predicted octanol–water partition coefficient (Wildman–Crippen LogP) is 8.22.